The number of carbonyl (C=O) groups is 2. The highest BCUT2D eigenvalue weighted by molar-refractivity contribution is 9.10. The standard InChI is InChI=1S/C18H21BrN4O2/c1-12-9-15(12)18(25)20-7-6-17(24)22-16-5-8-21-23(16)11-13-3-2-4-14(19)10-13/h2-5,8,10,12,15H,6-7,9,11H2,1H3,(H,20,25)(H,22,24)/t12-,15-/m1/s1. The zero-order chi connectivity index (χ0) is 17.8. The molecule has 1 heterocycles. The monoisotopic (exact) mass is 404 g/mol. The van der Waals surface area contributed by atoms with Crippen LogP contribution in [-0.4, -0.2) is 28.1 Å². The minimum Gasteiger partial charge on any atom is -0.355 e. The summed E-state index contributed by atoms with van der Waals surface area (Å²) in [6.07, 6.45) is 2.85. The van der Waals surface area contributed by atoms with Gasteiger partial charge < -0.3 is 10.6 Å². The summed E-state index contributed by atoms with van der Waals surface area (Å²) in [5.41, 5.74) is 1.08. The summed E-state index contributed by atoms with van der Waals surface area (Å²) in [7, 11) is 0. The summed E-state index contributed by atoms with van der Waals surface area (Å²) in [5.74, 6) is 1.17. The van der Waals surface area contributed by atoms with Crippen LogP contribution >= 0.6 is 15.9 Å². The summed E-state index contributed by atoms with van der Waals surface area (Å²) in [5, 5.41) is 9.93. The van der Waals surface area contributed by atoms with Gasteiger partial charge >= 0.3 is 0 Å². The van der Waals surface area contributed by atoms with E-state index in [0.717, 1.165) is 16.5 Å². The molecule has 1 saturated carbocycles. The number of hydrogen-bond donors (Lipinski definition) is 2. The van der Waals surface area contributed by atoms with Crippen LogP contribution in [0.4, 0.5) is 5.82 Å². The van der Waals surface area contributed by atoms with Crippen LogP contribution in [0.15, 0.2) is 41.0 Å². The van der Waals surface area contributed by atoms with Crippen LogP contribution in [0.25, 0.3) is 0 Å². The van der Waals surface area contributed by atoms with E-state index in [1.807, 2.05) is 24.3 Å². The molecule has 1 aromatic heterocycles. The van der Waals surface area contributed by atoms with Crippen LogP contribution in [0, 0.1) is 11.8 Å². The van der Waals surface area contributed by atoms with Gasteiger partial charge in [0, 0.05) is 29.4 Å². The Morgan fingerprint density at radius 2 is 2.16 bits per heavy atom. The van der Waals surface area contributed by atoms with Gasteiger partial charge in [-0.2, -0.15) is 5.10 Å². The number of aromatic nitrogens is 2. The van der Waals surface area contributed by atoms with Gasteiger partial charge in [-0.05, 0) is 30.0 Å². The lowest BCUT2D eigenvalue weighted by Crippen LogP contribution is -2.29. The lowest BCUT2D eigenvalue weighted by molar-refractivity contribution is -0.122. The summed E-state index contributed by atoms with van der Waals surface area (Å²) in [6.45, 7) is 2.98. The van der Waals surface area contributed by atoms with Crippen molar-refractivity contribution in [1.29, 1.82) is 0 Å². The third-order valence-corrected chi connectivity index (χ3v) is 4.80. The minimum atomic E-state index is -0.139. The number of amides is 2. The Balaban J connectivity index is 1.48. The first kappa shape index (κ1) is 17.7. The maximum absolute atomic E-state index is 12.1. The molecule has 2 atom stereocenters. The van der Waals surface area contributed by atoms with Crippen LogP contribution in [0.1, 0.15) is 25.3 Å². The highest BCUT2D eigenvalue weighted by atomic mass is 79.9. The summed E-state index contributed by atoms with van der Waals surface area (Å²) >= 11 is 3.45. The Kier molecular flexibility index (Phi) is 5.53. The van der Waals surface area contributed by atoms with E-state index >= 15 is 0 Å². The van der Waals surface area contributed by atoms with E-state index in [1.54, 1.807) is 16.9 Å². The summed E-state index contributed by atoms with van der Waals surface area (Å²) in [4.78, 5) is 23.8. The summed E-state index contributed by atoms with van der Waals surface area (Å²) < 4.78 is 2.74. The number of hydrogen-bond acceptors (Lipinski definition) is 3. The molecule has 6 nitrogen and oxygen atoms in total. The third-order valence-electron chi connectivity index (χ3n) is 4.30. The van der Waals surface area contributed by atoms with E-state index in [-0.39, 0.29) is 24.2 Å². The lowest BCUT2D eigenvalue weighted by Gasteiger charge is -2.10. The molecule has 2 N–H and O–H groups in total. The molecule has 0 bridgehead atoms. The first-order valence-corrected chi connectivity index (χ1v) is 9.16. The largest absolute Gasteiger partial charge is 0.355 e. The molecule has 0 aliphatic heterocycles. The number of rotatable bonds is 7. The molecule has 25 heavy (non-hydrogen) atoms. The van der Waals surface area contributed by atoms with E-state index in [4.69, 9.17) is 0 Å². The predicted molar refractivity (Wildman–Crippen MR) is 99.0 cm³/mol. The Bertz CT molecular complexity index is 774. The molecule has 0 spiro atoms. The number of benzene rings is 1. The van der Waals surface area contributed by atoms with Gasteiger partial charge in [0.25, 0.3) is 0 Å². The smallest absolute Gasteiger partial charge is 0.227 e. The fourth-order valence-corrected chi connectivity index (χ4v) is 3.14. The van der Waals surface area contributed by atoms with Gasteiger partial charge in [0.15, 0.2) is 0 Å². The number of halogens is 1. The topological polar surface area (TPSA) is 76.0 Å². The molecule has 0 saturated heterocycles. The average Bonchev–Trinajstić information content (AvgIpc) is 3.15. The molecule has 0 radical (unpaired) electrons. The van der Waals surface area contributed by atoms with Gasteiger partial charge in [-0.25, -0.2) is 4.68 Å². The Morgan fingerprint density at radius 1 is 1.36 bits per heavy atom. The third kappa shape index (κ3) is 4.92. The van der Waals surface area contributed by atoms with Crippen molar-refractivity contribution in [2.24, 2.45) is 11.8 Å². The van der Waals surface area contributed by atoms with Crippen LogP contribution < -0.4 is 10.6 Å². The number of nitrogens with one attached hydrogen (secondary N) is 2. The van der Waals surface area contributed by atoms with Crippen molar-refractivity contribution < 1.29 is 9.59 Å². The van der Waals surface area contributed by atoms with Crippen molar-refractivity contribution in [3.05, 3.63) is 46.6 Å². The second kappa shape index (κ2) is 7.82. The molecular formula is C18H21BrN4O2. The number of nitrogens with zero attached hydrogens (tertiary/aromatic N) is 2. The highest BCUT2D eigenvalue weighted by Gasteiger charge is 2.38. The van der Waals surface area contributed by atoms with Gasteiger partial charge in [-0.1, -0.05) is 35.0 Å². The van der Waals surface area contributed by atoms with Crippen molar-refractivity contribution >= 4 is 33.6 Å². The van der Waals surface area contributed by atoms with Crippen LogP contribution in [-0.2, 0) is 16.1 Å². The second-order valence-electron chi connectivity index (χ2n) is 6.41. The van der Waals surface area contributed by atoms with Gasteiger partial charge in [-0.15, -0.1) is 0 Å². The van der Waals surface area contributed by atoms with Crippen molar-refractivity contribution in [3.63, 3.8) is 0 Å². The van der Waals surface area contributed by atoms with Gasteiger partial charge in [0.2, 0.25) is 11.8 Å². The lowest BCUT2D eigenvalue weighted by atomic mass is 10.2. The van der Waals surface area contributed by atoms with E-state index in [2.05, 4.69) is 38.6 Å². The maximum Gasteiger partial charge on any atom is 0.227 e. The SMILES string of the molecule is C[C@@H]1C[C@H]1C(=O)NCCC(=O)Nc1ccnn1Cc1cccc(Br)c1. The molecule has 2 amide bonds. The van der Waals surface area contributed by atoms with Crippen molar-refractivity contribution in [3.8, 4) is 0 Å². The van der Waals surface area contributed by atoms with Crippen LogP contribution in [0.2, 0.25) is 0 Å². The fraction of sp³-hybridized carbons (Fsp3) is 0.389. The van der Waals surface area contributed by atoms with Gasteiger partial charge in [0.1, 0.15) is 5.82 Å². The van der Waals surface area contributed by atoms with Crippen molar-refractivity contribution in [1.82, 2.24) is 15.1 Å². The second-order valence-corrected chi connectivity index (χ2v) is 7.33. The Hall–Kier alpha value is -2.15. The normalized spacial score (nSPS) is 18.6. The zero-order valence-corrected chi connectivity index (χ0v) is 15.6. The molecule has 132 valence electrons. The highest BCUT2D eigenvalue weighted by Crippen LogP contribution is 2.37. The molecule has 1 aliphatic rings. The fourth-order valence-electron chi connectivity index (χ4n) is 2.70. The molecule has 1 aliphatic carbocycles. The number of anilines is 1. The van der Waals surface area contributed by atoms with E-state index in [9.17, 15) is 9.59 Å². The minimum absolute atomic E-state index is 0.0556. The molecular weight excluding hydrogens is 384 g/mol. The Morgan fingerprint density at radius 3 is 2.88 bits per heavy atom. The molecule has 3 rings (SSSR count). The predicted octanol–water partition coefficient (Wildman–Crippen LogP) is 2.79. The van der Waals surface area contributed by atoms with E-state index < -0.39 is 0 Å². The van der Waals surface area contributed by atoms with E-state index in [0.29, 0.717) is 24.8 Å². The van der Waals surface area contributed by atoms with Crippen molar-refractivity contribution in [2.75, 3.05) is 11.9 Å². The maximum atomic E-state index is 12.1. The first-order valence-electron chi connectivity index (χ1n) is 8.37. The average molecular weight is 405 g/mol. The van der Waals surface area contributed by atoms with Gasteiger partial charge in [0.05, 0.1) is 12.7 Å². The van der Waals surface area contributed by atoms with E-state index in [1.165, 1.54) is 0 Å². The quantitative estimate of drug-likeness (QED) is 0.744. The molecule has 0 unspecified atom stereocenters. The van der Waals surface area contributed by atoms with Crippen molar-refractivity contribution in [2.45, 2.75) is 26.3 Å². The zero-order valence-electron chi connectivity index (χ0n) is 14.0. The molecule has 1 fully saturated rings. The van der Waals surface area contributed by atoms with Gasteiger partial charge in [-0.3, -0.25) is 9.59 Å². The molecule has 7 heteroatoms. The number of carbonyl (C=O) groups excluding carboxylic acids is 2. The first-order chi connectivity index (χ1) is 12.0. The Labute approximate surface area is 155 Å². The molecule has 2 aromatic rings. The van der Waals surface area contributed by atoms with Crippen LogP contribution in [0.5, 0.6) is 0 Å². The molecule has 1 aromatic carbocycles. The van der Waals surface area contributed by atoms with Crippen LogP contribution in [0.3, 0.4) is 0 Å². The summed E-state index contributed by atoms with van der Waals surface area (Å²) in [6, 6.07) is 9.71.